The smallest absolute Gasteiger partial charge is 0.255 e. The molecule has 0 unspecified atom stereocenters. The van der Waals surface area contributed by atoms with E-state index in [4.69, 9.17) is 4.42 Å². The Morgan fingerprint density at radius 3 is 2.64 bits per heavy atom. The van der Waals surface area contributed by atoms with E-state index in [1.54, 1.807) is 0 Å². The molecule has 2 rings (SSSR count). The molecule has 1 aliphatic heterocycles. The standard InChI is InChI=1S/C17H26N2O3/c1-12-13(2)22-14(3)16(12)17(21)18-9-7-11-19-10-6-4-5-8-15(19)20/h4-11H2,1-3H3,(H,18,21). The molecule has 1 aromatic rings. The zero-order chi connectivity index (χ0) is 16.1. The molecule has 0 aliphatic carbocycles. The Hall–Kier alpha value is -1.78. The van der Waals surface area contributed by atoms with Crippen molar-refractivity contribution >= 4 is 11.8 Å². The van der Waals surface area contributed by atoms with E-state index in [1.807, 2.05) is 25.7 Å². The van der Waals surface area contributed by atoms with E-state index < -0.39 is 0 Å². The molecule has 2 amide bonds. The highest BCUT2D eigenvalue weighted by molar-refractivity contribution is 5.96. The van der Waals surface area contributed by atoms with Gasteiger partial charge in [0.25, 0.3) is 5.91 Å². The molecule has 0 saturated carbocycles. The molecule has 1 aliphatic rings. The summed E-state index contributed by atoms with van der Waals surface area (Å²) >= 11 is 0. The lowest BCUT2D eigenvalue weighted by Gasteiger charge is -2.20. The quantitative estimate of drug-likeness (QED) is 0.851. The maximum absolute atomic E-state index is 12.2. The van der Waals surface area contributed by atoms with Crippen LogP contribution < -0.4 is 5.32 Å². The number of hydrogen-bond donors (Lipinski definition) is 1. The molecular weight excluding hydrogens is 280 g/mol. The summed E-state index contributed by atoms with van der Waals surface area (Å²) < 4.78 is 5.48. The van der Waals surface area contributed by atoms with Crippen LogP contribution >= 0.6 is 0 Å². The van der Waals surface area contributed by atoms with Crippen molar-refractivity contribution in [2.45, 2.75) is 52.9 Å². The van der Waals surface area contributed by atoms with Gasteiger partial charge >= 0.3 is 0 Å². The average molecular weight is 306 g/mol. The molecular formula is C17H26N2O3. The molecule has 0 spiro atoms. The van der Waals surface area contributed by atoms with Gasteiger partial charge in [-0.2, -0.15) is 0 Å². The number of nitrogens with zero attached hydrogens (tertiary/aromatic N) is 1. The van der Waals surface area contributed by atoms with Gasteiger partial charge in [-0.25, -0.2) is 0 Å². The summed E-state index contributed by atoms with van der Waals surface area (Å²) in [4.78, 5) is 26.0. The first kappa shape index (κ1) is 16.6. The van der Waals surface area contributed by atoms with Crippen LogP contribution in [0, 0.1) is 20.8 Å². The van der Waals surface area contributed by atoms with Crippen molar-refractivity contribution < 1.29 is 14.0 Å². The number of rotatable bonds is 5. The van der Waals surface area contributed by atoms with Crippen LogP contribution in [0.1, 0.15) is 59.5 Å². The number of carbonyl (C=O) groups is 2. The number of carbonyl (C=O) groups excluding carboxylic acids is 2. The topological polar surface area (TPSA) is 62.6 Å². The van der Waals surface area contributed by atoms with Gasteiger partial charge < -0.3 is 14.6 Å². The minimum atomic E-state index is -0.0888. The molecule has 5 heteroatoms. The molecule has 5 nitrogen and oxygen atoms in total. The van der Waals surface area contributed by atoms with Crippen molar-refractivity contribution in [1.82, 2.24) is 10.2 Å². The number of nitrogens with one attached hydrogen (secondary N) is 1. The van der Waals surface area contributed by atoms with Crippen LogP contribution in [0.15, 0.2) is 4.42 Å². The predicted octanol–water partition coefficient (Wildman–Crippen LogP) is 2.73. The Balaban J connectivity index is 1.78. The van der Waals surface area contributed by atoms with Crippen LogP contribution in [0.3, 0.4) is 0 Å². The van der Waals surface area contributed by atoms with Crippen LogP contribution in [0.4, 0.5) is 0 Å². The maximum atomic E-state index is 12.2. The lowest BCUT2D eigenvalue weighted by molar-refractivity contribution is -0.130. The maximum Gasteiger partial charge on any atom is 0.255 e. The summed E-state index contributed by atoms with van der Waals surface area (Å²) in [6.07, 6.45) is 4.68. The van der Waals surface area contributed by atoms with Gasteiger partial charge in [0.05, 0.1) is 5.56 Å². The zero-order valence-corrected chi connectivity index (χ0v) is 13.8. The van der Waals surface area contributed by atoms with Gasteiger partial charge in [-0.3, -0.25) is 9.59 Å². The van der Waals surface area contributed by atoms with Gasteiger partial charge in [-0.05, 0) is 40.0 Å². The van der Waals surface area contributed by atoms with E-state index in [9.17, 15) is 9.59 Å². The number of furan rings is 1. The molecule has 0 bridgehead atoms. The van der Waals surface area contributed by atoms with Gasteiger partial charge in [-0.1, -0.05) is 6.42 Å². The minimum Gasteiger partial charge on any atom is -0.466 e. The van der Waals surface area contributed by atoms with Gasteiger partial charge in [-0.15, -0.1) is 0 Å². The molecule has 1 fully saturated rings. The highest BCUT2D eigenvalue weighted by atomic mass is 16.3. The average Bonchev–Trinajstić information content (AvgIpc) is 2.63. The predicted molar refractivity (Wildman–Crippen MR) is 84.9 cm³/mol. The zero-order valence-electron chi connectivity index (χ0n) is 13.8. The second-order valence-electron chi connectivity index (χ2n) is 6.02. The van der Waals surface area contributed by atoms with Crippen LogP contribution in [0.2, 0.25) is 0 Å². The van der Waals surface area contributed by atoms with Gasteiger partial charge in [0.15, 0.2) is 0 Å². The Labute approximate surface area is 132 Å². The van der Waals surface area contributed by atoms with Gasteiger partial charge in [0.2, 0.25) is 5.91 Å². The van der Waals surface area contributed by atoms with Gasteiger partial charge in [0, 0.05) is 31.6 Å². The Morgan fingerprint density at radius 1 is 1.18 bits per heavy atom. The fraction of sp³-hybridized carbons (Fsp3) is 0.647. The fourth-order valence-corrected chi connectivity index (χ4v) is 2.96. The SMILES string of the molecule is Cc1oc(C)c(C(=O)NCCCN2CCCCCC2=O)c1C. The number of likely N-dealkylation sites (tertiary alicyclic amines) is 1. The minimum absolute atomic E-state index is 0.0888. The normalized spacial score (nSPS) is 15.8. The van der Waals surface area contributed by atoms with E-state index in [1.165, 1.54) is 0 Å². The van der Waals surface area contributed by atoms with Crippen molar-refractivity contribution in [3.63, 3.8) is 0 Å². The molecule has 1 saturated heterocycles. The highest BCUT2D eigenvalue weighted by Gasteiger charge is 2.19. The molecule has 2 heterocycles. The van der Waals surface area contributed by atoms with Gasteiger partial charge in [0.1, 0.15) is 11.5 Å². The molecule has 0 radical (unpaired) electrons. The van der Waals surface area contributed by atoms with E-state index in [2.05, 4.69) is 5.32 Å². The summed E-state index contributed by atoms with van der Waals surface area (Å²) in [6.45, 7) is 7.73. The van der Waals surface area contributed by atoms with Crippen molar-refractivity contribution in [1.29, 1.82) is 0 Å². The fourth-order valence-electron chi connectivity index (χ4n) is 2.96. The summed E-state index contributed by atoms with van der Waals surface area (Å²) in [7, 11) is 0. The van der Waals surface area contributed by atoms with E-state index in [0.717, 1.165) is 50.1 Å². The lowest BCUT2D eigenvalue weighted by Crippen LogP contribution is -2.34. The summed E-state index contributed by atoms with van der Waals surface area (Å²) in [5.41, 5.74) is 1.54. The molecule has 0 atom stereocenters. The second-order valence-corrected chi connectivity index (χ2v) is 6.02. The first-order valence-corrected chi connectivity index (χ1v) is 8.13. The van der Waals surface area contributed by atoms with E-state index in [-0.39, 0.29) is 11.8 Å². The van der Waals surface area contributed by atoms with Crippen molar-refractivity contribution in [2.24, 2.45) is 0 Å². The number of aryl methyl sites for hydroxylation is 2. The van der Waals surface area contributed by atoms with Crippen LogP contribution in [0.5, 0.6) is 0 Å². The third kappa shape index (κ3) is 3.90. The van der Waals surface area contributed by atoms with E-state index >= 15 is 0 Å². The van der Waals surface area contributed by atoms with E-state index in [0.29, 0.717) is 24.3 Å². The molecule has 122 valence electrons. The third-order valence-electron chi connectivity index (χ3n) is 4.35. The van der Waals surface area contributed by atoms with Crippen molar-refractivity contribution in [3.05, 3.63) is 22.6 Å². The second kappa shape index (κ2) is 7.47. The van der Waals surface area contributed by atoms with Crippen LogP contribution in [-0.4, -0.2) is 36.3 Å². The Morgan fingerprint density at radius 2 is 1.95 bits per heavy atom. The summed E-state index contributed by atoms with van der Waals surface area (Å²) in [5, 5.41) is 2.93. The van der Waals surface area contributed by atoms with Crippen molar-refractivity contribution in [3.8, 4) is 0 Å². The highest BCUT2D eigenvalue weighted by Crippen LogP contribution is 2.20. The first-order valence-electron chi connectivity index (χ1n) is 8.13. The molecule has 22 heavy (non-hydrogen) atoms. The van der Waals surface area contributed by atoms with Crippen LogP contribution in [0.25, 0.3) is 0 Å². The lowest BCUT2D eigenvalue weighted by atomic mass is 10.1. The number of hydrogen-bond acceptors (Lipinski definition) is 3. The van der Waals surface area contributed by atoms with Crippen molar-refractivity contribution in [2.75, 3.05) is 19.6 Å². The Kier molecular flexibility index (Phi) is 5.63. The third-order valence-corrected chi connectivity index (χ3v) is 4.35. The molecule has 1 N–H and O–H groups in total. The summed E-state index contributed by atoms with van der Waals surface area (Å²) in [5.74, 6) is 1.61. The monoisotopic (exact) mass is 306 g/mol. The number of amides is 2. The van der Waals surface area contributed by atoms with Crippen LogP contribution in [-0.2, 0) is 4.79 Å². The largest absolute Gasteiger partial charge is 0.466 e. The Bertz CT molecular complexity index is 548. The summed E-state index contributed by atoms with van der Waals surface area (Å²) in [6, 6.07) is 0. The first-order chi connectivity index (χ1) is 10.5. The molecule has 0 aromatic carbocycles. The molecule has 1 aromatic heterocycles.